The summed E-state index contributed by atoms with van der Waals surface area (Å²) in [5.74, 6) is 0.812. The lowest BCUT2D eigenvalue weighted by atomic mass is 9.98. The first-order chi connectivity index (χ1) is 9.15. The van der Waals surface area contributed by atoms with Crippen LogP contribution in [0.15, 0.2) is 24.5 Å². The van der Waals surface area contributed by atoms with Gasteiger partial charge in [0.25, 0.3) is 0 Å². The van der Waals surface area contributed by atoms with Gasteiger partial charge in [-0.3, -0.25) is 4.68 Å². The van der Waals surface area contributed by atoms with Gasteiger partial charge in [0.05, 0.1) is 0 Å². The highest BCUT2D eigenvalue weighted by atomic mass is 15.3. The maximum absolute atomic E-state index is 4.38. The molecule has 4 heteroatoms. The van der Waals surface area contributed by atoms with E-state index in [0.29, 0.717) is 6.04 Å². The summed E-state index contributed by atoms with van der Waals surface area (Å²) >= 11 is 0. The van der Waals surface area contributed by atoms with E-state index in [1.54, 1.807) is 11.0 Å². The molecule has 0 unspecified atom stereocenters. The Hall–Kier alpha value is -1.84. The molecule has 0 N–H and O–H groups in total. The van der Waals surface area contributed by atoms with E-state index >= 15 is 0 Å². The standard InChI is InChI=1S/C15H20N4/c1-11(2)19-8-4-5-12-9-13(6-7-14(12)19)15-16-10-18(3)17-15/h6-7,9-11H,4-5,8H2,1-3H3. The van der Waals surface area contributed by atoms with Crippen LogP contribution >= 0.6 is 0 Å². The van der Waals surface area contributed by atoms with Gasteiger partial charge in [0.15, 0.2) is 5.82 Å². The Balaban J connectivity index is 2.00. The van der Waals surface area contributed by atoms with E-state index in [1.807, 2.05) is 7.05 Å². The van der Waals surface area contributed by atoms with Crippen molar-refractivity contribution in [2.45, 2.75) is 32.7 Å². The lowest BCUT2D eigenvalue weighted by Crippen LogP contribution is -2.35. The van der Waals surface area contributed by atoms with Crippen LogP contribution in [-0.4, -0.2) is 27.4 Å². The van der Waals surface area contributed by atoms with Crippen LogP contribution < -0.4 is 4.90 Å². The van der Waals surface area contributed by atoms with Crippen molar-refractivity contribution in [2.75, 3.05) is 11.4 Å². The second-order valence-electron chi connectivity index (χ2n) is 5.48. The number of benzene rings is 1. The van der Waals surface area contributed by atoms with Crippen LogP contribution in [0, 0.1) is 0 Å². The third kappa shape index (κ3) is 2.23. The quantitative estimate of drug-likeness (QED) is 0.828. The lowest BCUT2D eigenvalue weighted by Gasteiger charge is -2.34. The van der Waals surface area contributed by atoms with Crippen molar-refractivity contribution >= 4 is 5.69 Å². The summed E-state index contributed by atoms with van der Waals surface area (Å²) < 4.78 is 1.75. The molecule has 19 heavy (non-hydrogen) atoms. The fraction of sp³-hybridized carbons (Fsp3) is 0.467. The first-order valence-electron chi connectivity index (χ1n) is 6.91. The average molecular weight is 256 g/mol. The van der Waals surface area contributed by atoms with Gasteiger partial charge in [0.2, 0.25) is 0 Å². The number of anilines is 1. The molecule has 4 nitrogen and oxygen atoms in total. The van der Waals surface area contributed by atoms with Gasteiger partial charge >= 0.3 is 0 Å². The van der Waals surface area contributed by atoms with Gasteiger partial charge in [0.1, 0.15) is 6.33 Å². The Labute approximate surface area is 114 Å². The predicted molar refractivity (Wildman–Crippen MR) is 77.2 cm³/mol. The summed E-state index contributed by atoms with van der Waals surface area (Å²) in [5.41, 5.74) is 3.91. The summed E-state index contributed by atoms with van der Waals surface area (Å²) in [6, 6.07) is 7.16. The number of hydrogen-bond acceptors (Lipinski definition) is 3. The predicted octanol–water partition coefficient (Wildman–Crippen LogP) is 2.64. The van der Waals surface area contributed by atoms with Crippen molar-refractivity contribution < 1.29 is 0 Å². The molecule has 0 saturated carbocycles. The summed E-state index contributed by atoms with van der Waals surface area (Å²) in [7, 11) is 1.90. The van der Waals surface area contributed by atoms with Gasteiger partial charge in [-0.1, -0.05) is 0 Å². The molecular formula is C15H20N4. The zero-order valence-corrected chi connectivity index (χ0v) is 11.8. The summed E-state index contributed by atoms with van der Waals surface area (Å²) in [6.07, 6.45) is 4.12. The number of fused-ring (bicyclic) bond motifs is 1. The van der Waals surface area contributed by atoms with E-state index < -0.39 is 0 Å². The van der Waals surface area contributed by atoms with Crippen molar-refractivity contribution in [3.63, 3.8) is 0 Å². The van der Waals surface area contributed by atoms with E-state index in [4.69, 9.17) is 0 Å². The molecule has 100 valence electrons. The Morgan fingerprint density at radius 1 is 1.26 bits per heavy atom. The van der Waals surface area contributed by atoms with Crippen LogP contribution in [0.1, 0.15) is 25.8 Å². The van der Waals surface area contributed by atoms with Gasteiger partial charge in [-0.2, -0.15) is 5.10 Å². The van der Waals surface area contributed by atoms with Gasteiger partial charge in [-0.05, 0) is 50.5 Å². The molecule has 1 aromatic heterocycles. The van der Waals surface area contributed by atoms with Gasteiger partial charge in [-0.25, -0.2) is 4.98 Å². The largest absolute Gasteiger partial charge is 0.369 e. The van der Waals surface area contributed by atoms with Crippen LogP contribution in [0.2, 0.25) is 0 Å². The molecule has 1 aliphatic rings. The highest BCUT2D eigenvalue weighted by molar-refractivity contribution is 5.65. The third-order valence-corrected chi connectivity index (χ3v) is 3.72. The van der Waals surface area contributed by atoms with Crippen molar-refractivity contribution in [2.24, 2.45) is 7.05 Å². The molecule has 0 radical (unpaired) electrons. The molecular weight excluding hydrogens is 236 g/mol. The molecule has 0 amide bonds. The van der Waals surface area contributed by atoms with Crippen LogP contribution in [0.3, 0.4) is 0 Å². The Bertz CT molecular complexity index is 586. The minimum absolute atomic E-state index is 0.554. The summed E-state index contributed by atoms with van der Waals surface area (Å²) in [5, 5.41) is 4.38. The van der Waals surface area contributed by atoms with Gasteiger partial charge in [0, 0.05) is 30.9 Å². The number of aromatic nitrogens is 3. The number of rotatable bonds is 2. The first-order valence-corrected chi connectivity index (χ1v) is 6.91. The number of hydrogen-bond donors (Lipinski definition) is 0. The van der Waals surface area contributed by atoms with Crippen LogP contribution in [0.5, 0.6) is 0 Å². The van der Waals surface area contributed by atoms with Crippen molar-refractivity contribution in [1.29, 1.82) is 0 Å². The first kappa shape index (κ1) is 12.2. The fourth-order valence-electron chi connectivity index (χ4n) is 2.77. The molecule has 2 aromatic rings. The maximum atomic E-state index is 4.38. The van der Waals surface area contributed by atoms with Crippen LogP contribution in [-0.2, 0) is 13.5 Å². The molecule has 0 bridgehead atoms. The zero-order valence-electron chi connectivity index (χ0n) is 11.8. The van der Waals surface area contributed by atoms with Crippen LogP contribution in [0.4, 0.5) is 5.69 Å². The molecule has 3 rings (SSSR count). The molecule has 0 spiro atoms. The summed E-state index contributed by atoms with van der Waals surface area (Å²) in [4.78, 5) is 6.81. The molecule has 0 aliphatic carbocycles. The summed E-state index contributed by atoms with van der Waals surface area (Å²) in [6.45, 7) is 5.67. The van der Waals surface area contributed by atoms with Gasteiger partial charge in [-0.15, -0.1) is 0 Å². The minimum atomic E-state index is 0.554. The van der Waals surface area contributed by atoms with Crippen molar-refractivity contribution in [3.8, 4) is 11.4 Å². The highest BCUT2D eigenvalue weighted by Gasteiger charge is 2.19. The van der Waals surface area contributed by atoms with Crippen LogP contribution in [0.25, 0.3) is 11.4 Å². The average Bonchev–Trinajstić information content (AvgIpc) is 2.84. The van der Waals surface area contributed by atoms with E-state index in [2.05, 4.69) is 47.0 Å². The normalized spacial score (nSPS) is 14.8. The second kappa shape index (κ2) is 4.68. The van der Waals surface area contributed by atoms with E-state index in [9.17, 15) is 0 Å². The van der Waals surface area contributed by atoms with Crippen molar-refractivity contribution in [1.82, 2.24) is 14.8 Å². The van der Waals surface area contributed by atoms with Crippen molar-refractivity contribution in [3.05, 3.63) is 30.1 Å². The number of aryl methyl sites for hydroxylation is 2. The van der Waals surface area contributed by atoms with E-state index in [0.717, 1.165) is 24.4 Å². The minimum Gasteiger partial charge on any atom is -0.369 e. The maximum Gasteiger partial charge on any atom is 0.181 e. The van der Waals surface area contributed by atoms with E-state index in [1.165, 1.54) is 17.7 Å². The smallest absolute Gasteiger partial charge is 0.181 e. The Morgan fingerprint density at radius 3 is 2.79 bits per heavy atom. The number of nitrogens with zero attached hydrogens (tertiary/aromatic N) is 4. The Kier molecular flexibility index (Phi) is 3.01. The fourth-order valence-corrected chi connectivity index (χ4v) is 2.77. The molecule has 1 aliphatic heterocycles. The SMILES string of the molecule is CC(C)N1CCCc2cc(-c3ncn(C)n3)ccc21. The molecule has 2 heterocycles. The Morgan fingerprint density at radius 2 is 2.11 bits per heavy atom. The van der Waals surface area contributed by atoms with Gasteiger partial charge < -0.3 is 4.90 Å². The molecule has 0 saturated heterocycles. The molecule has 0 atom stereocenters. The molecule has 1 aromatic carbocycles. The van der Waals surface area contributed by atoms with E-state index in [-0.39, 0.29) is 0 Å². The zero-order chi connectivity index (χ0) is 13.4. The monoisotopic (exact) mass is 256 g/mol. The highest BCUT2D eigenvalue weighted by Crippen LogP contribution is 2.31. The third-order valence-electron chi connectivity index (χ3n) is 3.72. The lowest BCUT2D eigenvalue weighted by molar-refractivity contribution is 0.626. The topological polar surface area (TPSA) is 34.0 Å². The molecule has 0 fully saturated rings. The second-order valence-corrected chi connectivity index (χ2v) is 5.48.